The third-order valence-electron chi connectivity index (χ3n) is 4.63. The van der Waals surface area contributed by atoms with Crippen molar-refractivity contribution in [2.75, 3.05) is 22.8 Å². The van der Waals surface area contributed by atoms with Crippen molar-refractivity contribution in [1.82, 2.24) is 9.97 Å². The van der Waals surface area contributed by atoms with Gasteiger partial charge in [-0.1, -0.05) is 6.07 Å². The van der Waals surface area contributed by atoms with Gasteiger partial charge in [0.1, 0.15) is 23.7 Å². The Bertz CT molecular complexity index is 1060. The molecule has 0 saturated heterocycles. The number of carbonyl (C=O) groups is 1. The molecular formula is C20H16F2N4O2S. The van der Waals surface area contributed by atoms with Gasteiger partial charge in [0.15, 0.2) is 5.78 Å². The number of nitrogens with one attached hydrogen (secondary N) is 2. The largest absolute Gasteiger partial charge is 0.593 e. The molecule has 1 aliphatic heterocycles. The van der Waals surface area contributed by atoms with Gasteiger partial charge >= 0.3 is 0 Å². The number of nitrogens with zero attached hydrogens (tertiary/aromatic N) is 2. The van der Waals surface area contributed by atoms with Crippen LogP contribution in [0.3, 0.4) is 0 Å². The molecule has 2 N–H and O–H groups in total. The Labute approximate surface area is 168 Å². The second kappa shape index (κ2) is 7.76. The number of ketones is 1. The van der Waals surface area contributed by atoms with Crippen LogP contribution in [0.1, 0.15) is 21.8 Å². The van der Waals surface area contributed by atoms with Crippen LogP contribution in [-0.4, -0.2) is 33.1 Å². The Hall–Kier alpha value is -3.04. The van der Waals surface area contributed by atoms with E-state index in [2.05, 4.69) is 20.0 Å². The number of halogens is 2. The fourth-order valence-electron chi connectivity index (χ4n) is 3.34. The molecular weight excluding hydrogens is 398 g/mol. The number of hydrogen-bond donors (Lipinski definition) is 2. The van der Waals surface area contributed by atoms with Gasteiger partial charge in [-0.05, 0) is 12.1 Å². The quantitative estimate of drug-likeness (QED) is 0.491. The maximum absolute atomic E-state index is 14.5. The zero-order valence-corrected chi connectivity index (χ0v) is 16.1. The molecule has 3 heterocycles. The molecule has 0 radical (unpaired) electrons. The van der Waals surface area contributed by atoms with Gasteiger partial charge in [0.05, 0.1) is 28.5 Å². The third kappa shape index (κ3) is 3.79. The first-order chi connectivity index (χ1) is 13.9. The third-order valence-corrected chi connectivity index (χ3v) is 5.15. The second-order valence-electron chi connectivity index (χ2n) is 6.57. The van der Waals surface area contributed by atoms with Crippen molar-refractivity contribution in [3.63, 3.8) is 0 Å². The summed E-state index contributed by atoms with van der Waals surface area (Å²) in [6, 6.07) is 7.36. The van der Waals surface area contributed by atoms with Crippen molar-refractivity contribution in [1.29, 1.82) is 0 Å². The number of fused-ring (bicyclic) bond motifs is 1. The summed E-state index contributed by atoms with van der Waals surface area (Å²) in [6.45, 7) is 0.190. The van der Waals surface area contributed by atoms with Gasteiger partial charge in [-0.15, -0.1) is 0 Å². The van der Waals surface area contributed by atoms with E-state index in [0.717, 1.165) is 23.3 Å². The number of benzene rings is 1. The van der Waals surface area contributed by atoms with Gasteiger partial charge < -0.3 is 9.87 Å². The summed E-state index contributed by atoms with van der Waals surface area (Å²) in [7, 11) is 0. The van der Waals surface area contributed by atoms with Crippen molar-refractivity contribution in [2.24, 2.45) is 0 Å². The predicted octanol–water partition coefficient (Wildman–Crippen LogP) is 3.52. The highest BCUT2D eigenvalue weighted by atomic mass is 32.2. The molecule has 148 valence electrons. The molecule has 0 aliphatic carbocycles. The number of hydrogen-bond acceptors (Lipinski definition) is 6. The lowest BCUT2D eigenvalue weighted by molar-refractivity contribution is 0.0958. The first-order valence-electron chi connectivity index (χ1n) is 8.71. The molecule has 6 nitrogen and oxygen atoms in total. The van der Waals surface area contributed by atoms with Crippen LogP contribution in [0.4, 0.5) is 20.3 Å². The van der Waals surface area contributed by atoms with E-state index in [9.17, 15) is 18.1 Å². The second-order valence-corrected chi connectivity index (χ2v) is 7.68. The lowest BCUT2D eigenvalue weighted by atomic mass is 9.91. The lowest BCUT2D eigenvalue weighted by Crippen LogP contribution is -2.19. The van der Waals surface area contributed by atoms with Crippen LogP contribution in [0.25, 0.3) is 11.1 Å². The van der Waals surface area contributed by atoms with Crippen molar-refractivity contribution in [3.05, 3.63) is 71.7 Å². The minimum absolute atomic E-state index is 0.00265. The normalized spacial score (nSPS) is 16.1. The molecule has 2 unspecified atom stereocenters. The van der Waals surface area contributed by atoms with E-state index in [0.29, 0.717) is 11.4 Å². The average Bonchev–Trinajstić information content (AvgIpc) is 3.10. The highest BCUT2D eigenvalue weighted by Gasteiger charge is 2.34. The molecule has 1 aromatic carbocycles. The zero-order valence-electron chi connectivity index (χ0n) is 15.3. The van der Waals surface area contributed by atoms with Gasteiger partial charge in [0.2, 0.25) is 0 Å². The summed E-state index contributed by atoms with van der Waals surface area (Å²) in [6.07, 6.45) is 6.31. The van der Waals surface area contributed by atoms with Crippen LogP contribution in [0, 0.1) is 11.6 Å². The molecule has 2 aromatic heterocycles. The smallest absolute Gasteiger partial charge is 0.178 e. The summed E-state index contributed by atoms with van der Waals surface area (Å²) in [5, 5.41) is 3.01. The first kappa shape index (κ1) is 19.3. The standard InChI is InChI=1S/C20H16F2N4O2S/c1-29(28)26-13-6-16(21)18(17(22)7-13)19(27)15-10-25-20-14(15)5-12(9-24-20)11-3-2-4-23-8-11/h2-9,15,26H,10H2,1H3,(H,24,25). The Balaban J connectivity index is 1.69. The number of anilines is 2. The molecule has 29 heavy (non-hydrogen) atoms. The summed E-state index contributed by atoms with van der Waals surface area (Å²) in [5.74, 6) is -2.96. The van der Waals surface area contributed by atoms with Crippen LogP contribution in [0.2, 0.25) is 0 Å². The van der Waals surface area contributed by atoms with Crippen molar-refractivity contribution < 1.29 is 18.1 Å². The molecule has 0 bridgehead atoms. The Morgan fingerprint density at radius 1 is 1.24 bits per heavy atom. The summed E-state index contributed by atoms with van der Waals surface area (Å²) < 4.78 is 42.7. The van der Waals surface area contributed by atoms with Crippen LogP contribution in [0.15, 0.2) is 48.9 Å². The molecule has 0 saturated carbocycles. The maximum atomic E-state index is 14.5. The molecule has 3 aromatic rings. The van der Waals surface area contributed by atoms with Crippen LogP contribution in [-0.2, 0) is 11.4 Å². The summed E-state index contributed by atoms with van der Waals surface area (Å²) in [4.78, 5) is 21.4. The molecule has 0 amide bonds. The Kier molecular flexibility index (Phi) is 5.16. The molecule has 9 heteroatoms. The number of aromatic nitrogens is 2. The Morgan fingerprint density at radius 2 is 2.00 bits per heavy atom. The average molecular weight is 414 g/mol. The monoisotopic (exact) mass is 414 g/mol. The van der Waals surface area contributed by atoms with Crippen molar-refractivity contribution in [3.8, 4) is 11.1 Å². The minimum atomic E-state index is -1.49. The van der Waals surface area contributed by atoms with Crippen LogP contribution >= 0.6 is 0 Å². The topological polar surface area (TPSA) is 90.0 Å². The van der Waals surface area contributed by atoms with E-state index in [1.165, 1.54) is 6.26 Å². The SMILES string of the molecule is C[S+]([O-])Nc1cc(F)c(C(=O)C2CNc3ncc(-c4cccnc4)cc32)c(F)c1. The van der Waals surface area contributed by atoms with E-state index in [1.54, 1.807) is 30.7 Å². The number of pyridine rings is 2. The van der Waals surface area contributed by atoms with Gasteiger partial charge in [0.25, 0.3) is 0 Å². The summed E-state index contributed by atoms with van der Waals surface area (Å²) in [5.41, 5.74) is 1.53. The van der Waals surface area contributed by atoms with E-state index in [4.69, 9.17) is 0 Å². The first-order valence-corrected chi connectivity index (χ1v) is 10.3. The molecule has 4 rings (SSSR count). The van der Waals surface area contributed by atoms with Gasteiger partial charge in [-0.25, -0.2) is 18.5 Å². The Morgan fingerprint density at radius 3 is 2.66 bits per heavy atom. The number of rotatable bonds is 5. The highest BCUT2D eigenvalue weighted by molar-refractivity contribution is 7.92. The minimum Gasteiger partial charge on any atom is -0.593 e. The lowest BCUT2D eigenvalue weighted by Gasteiger charge is -2.13. The van der Waals surface area contributed by atoms with Gasteiger partial charge in [0, 0.05) is 54.0 Å². The van der Waals surface area contributed by atoms with Gasteiger partial charge in [-0.3, -0.25) is 9.78 Å². The number of carbonyl (C=O) groups excluding carboxylic acids is 1. The summed E-state index contributed by atoms with van der Waals surface area (Å²) >= 11 is -1.49. The number of Topliss-reactive ketones (excluding diaryl/α,β-unsaturated/α-hetero) is 1. The highest BCUT2D eigenvalue weighted by Crippen LogP contribution is 2.36. The van der Waals surface area contributed by atoms with E-state index < -0.39 is 40.3 Å². The molecule has 0 spiro atoms. The van der Waals surface area contributed by atoms with Crippen molar-refractivity contribution in [2.45, 2.75) is 5.92 Å². The van der Waals surface area contributed by atoms with E-state index in [1.807, 2.05) is 6.07 Å². The fraction of sp³-hybridized carbons (Fsp3) is 0.150. The predicted molar refractivity (Wildman–Crippen MR) is 107 cm³/mol. The zero-order chi connectivity index (χ0) is 20.5. The van der Waals surface area contributed by atoms with Crippen molar-refractivity contribution >= 4 is 28.7 Å². The van der Waals surface area contributed by atoms with Crippen LogP contribution < -0.4 is 10.0 Å². The van der Waals surface area contributed by atoms with E-state index in [-0.39, 0.29) is 12.2 Å². The molecule has 0 fully saturated rings. The fourth-order valence-corrected chi connectivity index (χ4v) is 3.79. The van der Waals surface area contributed by atoms with E-state index >= 15 is 0 Å². The molecule has 1 aliphatic rings. The van der Waals surface area contributed by atoms with Crippen LogP contribution in [0.5, 0.6) is 0 Å². The molecule has 2 atom stereocenters. The maximum Gasteiger partial charge on any atom is 0.178 e. The van der Waals surface area contributed by atoms with Gasteiger partial charge in [-0.2, -0.15) is 0 Å².